The van der Waals surface area contributed by atoms with E-state index in [1.807, 2.05) is 36.4 Å². The van der Waals surface area contributed by atoms with Crippen LogP contribution in [0.25, 0.3) is 27.9 Å². The van der Waals surface area contributed by atoms with Crippen molar-refractivity contribution < 1.29 is 9.50 Å². The van der Waals surface area contributed by atoms with Crippen LogP contribution in [0.15, 0.2) is 72.8 Å². The lowest BCUT2D eigenvalue weighted by molar-refractivity contribution is 0.477. The Morgan fingerprint density at radius 2 is 1.77 bits per heavy atom. The summed E-state index contributed by atoms with van der Waals surface area (Å²) in [5.74, 6) is 1.15. The van der Waals surface area contributed by atoms with E-state index >= 15 is 0 Å². The van der Waals surface area contributed by atoms with E-state index in [1.165, 1.54) is 17.7 Å². The molecule has 31 heavy (non-hydrogen) atoms. The normalized spacial score (nSPS) is 14.0. The summed E-state index contributed by atoms with van der Waals surface area (Å²) in [6, 6.07) is 19.2. The molecule has 154 valence electrons. The predicted molar refractivity (Wildman–Crippen MR) is 123 cm³/mol. The Bertz CT molecular complexity index is 1300. The highest BCUT2D eigenvalue weighted by Gasteiger charge is 2.20. The van der Waals surface area contributed by atoms with Crippen LogP contribution in [0.4, 0.5) is 10.2 Å². The molecule has 0 spiro atoms. The minimum Gasteiger partial charge on any atom is -0.507 e. The number of rotatable bonds is 3. The van der Waals surface area contributed by atoms with Gasteiger partial charge in [-0.05, 0) is 60.0 Å². The number of hydrogen-bond donors (Lipinski definition) is 1. The van der Waals surface area contributed by atoms with E-state index < -0.39 is 0 Å². The van der Waals surface area contributed by atoms with E-state index in [0.717, 1.165) is 35.2 Å². The molecule has 0 fully saturated rings. The molecule has 0 amide bonds. The molecule has 5 rings (SSSR count). The number of aromatic hydroxyl groups is 1. The van der Waals surface area contributed by atoms with Gasteiger partial charge in [-0.15, -0.1) is 0 Å². The zero-order valence-corrected chi connectivity index (χ0v) is 17.4. The molecule has 3 aromatic carbocycles. The number of hydrogen-bond acceptors (Lipinski definition) is 4. The topological polar surface area (TPSA) is 49.3 Å². The number of nitrogens with zero attached hydrogens (tertiary/aromatic N) is 3. The third-order valence-electron chi connectivity index (χ3n) is 5.51. The standard InChI is InChI=1S/C25H19ClFN3O/c26-18-7-10-20-22(15-18)28-24(21-3-1-2-4-23(21)31)29-25(20)30-13-11-17(12-14-30)16-5-8-19(27)9-6-16/h1-11,15,31H,12-14H2. The predicted octanol–water partition coefficient (Wildman–Crippen LogP) is 6.09. The SMILES string of the molecule is Oc1ccccc1-c1nc(N2CC=C(c3ccc(F)cc3)CC2)c2ccc(Cl)cc2n1. The fourth-order valence-electron chi connectivity index (χ4n) is 3.90. The minimum absolute atomic E-state index is 0.131. The molecular formula is C25H19ClFN3O. The smallest absolute Gasteiger partial charge is 0.165 e. The molecule has 1 aliphatic rings. The summed E-state index contributed by atoms with van der Waals surface area (Å²) in [6.07, 6.45) is 2.97. The Hall–Kier alpha value is -3.44. The molecule has 0 bridgehead atoms. The third-order valence-corrected chi connectivity index (χ3v) is 5.74. The lowest BCUT2D eigenvalue weighted by Crippen LogP contribution is -2.29. The molecule has 4 aromatic rings. The summed E-state index contributed by atoms with van der Waals surface area (Å²) in [4.78, 5) is 11.7. The molecule has 1 aromatic heterocycles. The van der Waals surface area contributed by atoms with Gasteiger partial charge < -0.3 is 10.0 Å². The highest BCUT2D eigenvalue weighted by molar-refractivity contribution is 6.31. The van der Waals surface area contributed by atoms with Gasteiger partial charge in [0.05, 0.1) is 11.1 Å². The second-order valence-electron chi connectivity index (χ2n) is 7.48. The first-order chi connectivity index (χ1) is 15.1. The van der Waals surface area contributed by atoms with Gasteiger partial charge in [-0.25, -0.2) is 14.4 Å². The molecule has 0 radical (unpaired) electrons. The van der Waals surface area contributed by atoms with E-state index in [1.54, 1.807) is 18.2 Å². The van der Waals surface area contributed by atoms with E-state index in [-0.39, 0.29) is 11.6 Å². The zero-order chi connectivity index (χ0) is 21.4. The minimum atomic E-state index is -0.232. The van der Waals surface area contributed by atoms with Crippen LogP contribution in [0.2, 0.25) is 5.02 Å². The van der Waals surface area contributed by atoms with Crippen molar-refractivity contribution in [1.82, 2.24) is 9.97 Å². The van der Waals surface area contributed by atoms with Crippen LogP contribution in [0.3, 0.4) is 0 Å². The number of aromatic nitrogens is 2. The summed E-state index contributed by atoms with van der Waals surface area (Å²) in [6.45, 7) is 1.43. The molecule has 2 heterocycles. The number of fused-ring (bicyclic) bond motifs is 1. The number of phenols is 1. The van der Waals surface area contributed by atoms with Crippen LogP contribution in [0.5, 0.6) is 5.75 Å². The molecule has 6 heteroatoms. The third kappa shape index (κ3) is 3.84. The maximum Gasteiger partial charge on any atom is 0.165 e. The molecule has 0 aliphatic carbocycles. The Morgan fingerprint density at radius 1 is 0.968 bits per heavy atom. The van der Waals surface area contributed by atoms with Crippen molar-refractivity contribution in [2.45, 2.75) is 6.42 Å². The van der Waals surface area contributed by atoms with Crippen molar-refractivity contribution in [1.29, 1.82) is 0 Å². The van der Waals surface area contributed by atoms with Gasteiger partial charge in [0.2, 0.25) is 0 Å². The van der Waals surface area contributed by atoms with Crippen LogP contribution in [0, 0.1) is 5.82 Å². The lowest BCUT2D eigenvalue weighted by atomic mass is 9.99. The highest BCUT2D eigenvalue weighted by Crippen LogP contribution is 2.34. The van der Waals surface area contributed by atoms with E-state index in [4.69, 9.17) is 16.6 Å². The van der Waals surface area contributed by atoms with Crippen LogP contribution in [-0.2, 0) is 0 Å². The Morgan fingerprint density at radius 3 is 2.52 bits per heavy atom. The number of anilines is 1. The summed E-state index contributed by atoms with van der Waals surface area (Å²) < 4.78 is 13.3. The molecule has 0 unspecified atom stereocenters. The maximum absolute atomic E-state index is 13.3. The van der Waals surface area contributed by atoms with Crippen LogP contribution < -0.4 is 4.90 Å². The Balaban J connectivity index is 1.56. The average Bonchev–Trinajstić information content (AvgIpc) is 2.79. The van der Waals surface area contributed by atoms with Crippen LogP contribution >= 0.6 is 11.6 Å². The van der Waals surface area contributed by atoms with Crippen LogP contribution in [0.1, 0.15) is 12.0 Å². The van der Waals surface area contributed by atoms with Gasteiger partial charge in [0.15, 0.2) is 5.82 Å². The molecule has 0 atom stereocenters. The fraction of sp³-hybridized carbons (Fsp3) is 0.120. The number of phenolic OH excluding ortho intramolecular Hbond substituents is 1. The van der Waals surface area contributed by atoms with E-state index in [0.29, 0.717) is 23.0 Å². The van der Waals surface area contributed by atoms with Crippen LogP contribution in [-0.4, -0.2) is 28.2 Å². The van der Waals surface area contributed by atoms with Gasteiger partial charge in [0, 0.05) is 23.5 Å². The molecule has 1 aliphatic heterocycles. The Kier molecular flexibility index (Phi) is 5.04. The van der Waals surface area contributed by atoms with Crippen molar-refractivity contribution in [3.63, 3.8) is 0 Å². The zero-order valence-electron chi connectivity index (χ0n) is 16.6. The first-order valence-electron chi connectivity index (χ1n) is 10.0. The first-order valence-corrected chi connectivity index (χ1v) is 10.4. The van der Waals surface area contributed by atoms with Gasteiger partial charge in [-0.2, -0.15) is 0 Å². The lowest BCUT2D eigenvalue weighted by Gasteiger charge is -2.29. The van der Waals surface area contributed by atoms with Gasteiger partial charge in [-0.1, -0.05) is 41.9 Å². The first kappa shape index (κ1) is 19.5. The molecular weight excluding hydrogens is 413 g/mol. The van der Waals surface area contributed by atoms with Crippen molar-refractivity contribution in [3.05, 3.63) is 89.2 Å². The monoisotopic (exact) mass is 431 g/mol. The summed E-state index contributed by atoms with van der Waals surface area (Å²) >= 11 is 6.22. The average molecular weight is 432 g/mol. The highest BCUT2D eigenvalue weighted by atomic mass is 35.5. The largest absolute Gasteiger partial charge is 0.507 e. The maximum atomic E-state index is 13.3. The number of para-hydroxylation sites is 1. The molecule has 0 saturated carbocycles. The van der Waals surface area contributed by atoms with Crippen molar-refractivity contribution >= 4 is 33.9 Å². The molecule has 1 N–H and O–H groups in total. The fourth-order valence-corrected chi connectivity index (χ4v) is 4.06. The van der Waals surface area contributed by atoms with Gasteiger partial charge >= 0.3 is 0 Å². The van der Waals surface area contributed by atoms with E-state index in [2.05, 4.69) is 16.0 Å². The van der Waals surface area contributed by atoms with Gasteiger partial charge in [0.1, 0.15) is 17.4 Å². The summed E-state index contributed by atoms with van der Waals surface area (Å²) in [5, 5.41) is 11.8. The second-order valence-corrected chi connectivity index (χ2v) is 7.92. The summed E-state index contributed by atoms with van der Waals surface area (Å²) in [7, 11) is 0. The molecule has 4 nitrogen and oxygen atoms in total. The number of benzene rings is 3. The van der Waals surface area contributed by atoms with Crippen molar-refractivity contribution in [2.24, 2.45) is 0 Å². The summed E-state index contributed by atoms with van der Waals surface area (Å²) in [5.41, 5.74) is 3.53. The quantitative estimate of drug-likeness (QED) is 0.426. The Labute approximate surface area is 184 Å². The number of halogens is 2. The van der Waals surface area contributed by atoms with Gasteiger partial charge in [-0.3, -0.25) is 0 Å². The van der Waals surface area contributed by atoms with Crippen molar-refractivity contribution in [3.8, 4) is 17.1 Å². The molecule has 0 saturated heterocycles. The second kappa shape index (κ2) is 8.00. The van der Waals surface area contributed by atoms with Crippen molar-refractivity contribution in [2.75, 3.05) is 18.0 Å². The van der Waals surface area contributed by atoms with E-state index in [9.17, 15) is 9.50 Å². The van der Waals surface area contributed by atoms with Gasteiger partial charge in [0.25, 0.3) is 0 Å².